The molecule has 12 heavy (non-hydrogen) atoms. The number of hydrogen-bond acceptors (Lipinski definition) is 1. The van der Waals surface area contributed by atoms with Crippen molar-refractivity contribution >= 4 is 17.4 Å². The highest BCUT2D eigenvalue weighted by Gasteiger charge is 2.06. The Morgan fingerprint density at radius 1 is 1.58 bits per heavy atom. The molecule has 0 bridgehead atoms. The van der Waals surface area contributed by atoms with Crippen molar-refractivity contribution in [2.24, 2.45) is 0 Å². The number of carbonyl (C=O) groups excluding carboxylic acids is 1. The van der Waals surface area contributed by atoms with Crippen LogP contribution in [0.2, 0.25) is 5.02 Å². The van der Waals surface area contributed by atoms with Crippen LogP contribution in [0.5, 0.6) is 0 Å². The predicted molar refractivity (Wildman–Crippen MR) is 50.7 cm³/mol. The van der Waals surface area contributed by atoms with Crippen molar-refractivity contribution in [2.45, 2.75) is 6.92 Å². The maximum atomic E-state index is 11.2. The van der Waals surface area contributed by atoms with Crippen molar-refractivity contribution in [3.8, 4) is 0 Å². The van der Waals surface area contributed by atoms with E-state index in [1.54, 1.807) is 18.2 Å². The van der Waals surface area contributed by atoms with Gasteiger partial charge in [0.25, 0.3) is 0 Å². The van der Waals surface area contributed by atoms with Gasteiger partial charge in [-0.2, -0.15) is 0 Å². The second-order valence-corrected chi connectivity index (χ2v) is 2.89. The highest BCUT2D eigenvalue weighted by atomic mass is 35.5. The largest absolute Gasteiger partial charge is 0.289 e. The Morgan fingerprint density at radius 2 is 2.25 bits per heavy atom. The van der Waals surface area contributed by atoms with Crippen LogP contribution in [0, 0.1) is 6.92 Å². The molecule has 62 valence electrons. The first kappa shape index (κ1) is 9.01. The molecule has 0 N–H and O–H groups in total. The number of hydrogen-bond donors (Lipinski definition) is 0. The van der Waals surface area contributed by atoms with Crippen LogP contribution in [0.25, 0.3) is 0 Å². The van der Waals surface area contributed by atoms with E-state index in [0.717, 1.165) is 5.56 Å². The minimum atomic E-state index is -0.0880. The Morgan fingerprint density at radius 3 is 2.83 bits per heavy atom. The molecule has 0 saturated carbocycles. The first-order valence-electron chi connectivity index (χ1n) is 3.58. The summed E-state index contributed by atoms with van der Waals surface area (Å²) in [6, 6.07) is 5.26. The lowest BCUT2D eigenvalue weighted by Gasteiger charge is -2.02. The fourth-order valence-electron chi connectivity index (χ4n) is 0.984. The summed E-state index contributed by atoms with van der Waals surface area (Å²) in [4.78, 5) is 11.2. The van der Waals surface area contributed by atoms with Crippen LogP contribution in [-0.4, -0.2) is 5.78 Å². The second-order valence-electron chi connectivity index (χ2n) is 2.48. The molecule has 1 nitrogen and oxygen atoms in total. The van der Waals surface area contributed by atoms with E-state index in [1.807, 2.05) is 6.92 Å². The molecular formula is C10H9ClO. The lowest BCUT2D eigenvalue weighted by atomic mass is 10.1. The molecule has 0 saturated heterocycles. The zero-order valence-corrected chi connectivity index (χ0v) is 7.56. The average molecular weight is 181 g/mol. The third-order valence-electron chi connectivity index (χ3n) is 1.72. The second kappa shape index (κ2) is 3.55. The van der Waals surface area contributed by atoms with Gasteiger partial charge in [0.05, 0.1) is 0 Å². The molecule has 1 aromatic rings. The van der Waals surface area contributed by atoms with Crippen LogP contribution in [0.4, 0.5) is 0 Å². The highest BCUT2D eigenvalue weighted by molar-refractivity contribution is 6.32. The molecule has 1 rings (SSSR count). The quantitative estimate of drug-likeness (QED) is 0.505. The smallest absolute Gasteiger partial charge is 0.185 e. The van der Waals surface area contributed by atoms with Crippen molar-refractivity contribution in [1.82, 2.24) is 0 Å². The van der Waals surface area contributed by atoms with Crippen LogP contribution in [-0.2, 0) is 0 Å². The van der Waals surface area contributed by atoms with E-state index in [0.29, 0.717) is 10.6 Å². The zero-order valence-electron chi connectivity index (χ0n) is 6.80. The maximum Gasteiger partial charge on any atom is 0.185 e. The Bertz CT molecular complexity index is 329. The molecule has 2 heteroatoms. The van der Waals surface area contributed by atoms with E-state index in [-0.39, 0.29) is 5.78 Å². The lowest BCUT2D eigenvalue weighted by molar-refractivity contribution is 0.104. The molecule has 1 aromatic carbocycles. The van der Waals surface area contributed by atoms with Crippen LogP contribution in [0.15, 0.2) is 30.9 Å². The summed E-state index contributed by atoms with van der Waals surface area (Å²) in [5.74, 6) is -0.0880. The van der Waals surface area contributed by atoms with Gasteiger partial charge in [0.2, 0.25) is 0 Å². The van der Waals surface area contributed by atoms with Crippen LogP contribution < -0.4 is 0 Å². The molecule has 0 aromatic heterocycles. The third kappa shape index (κ3) is 1.56. The normalized spacial score (nSPS) is 9.50. The molecule has 0 amide bonds. The van der Waals surface area contributed by atoms with Crippen LogP contribution in [0.1, 0.15) is 15.9 Å². The number of ketones is 1. The van der Waals surface area contributed by atoms with Crippen molar-refractivity contribution in [2.75, 3.05) is 0 Å². The number of benzene rings is 1. The van der Waals surface area contributed by atoms with Crippen molar-refractivity contribution < 1.29 is 4.79 Å². The van der Waals surface area contributed by atoms with Crippen molar-refractivity contribution in [3.05, 3.63) is 47.0 Å². The van der Waals surface area contributed by atoms with E-state index in [1.165, 1.54) is 6.08 Å². The zero-order chi connectivity index (χ0) is 9.14. The van der Waals surface area contributed by atoms with Gasteiger partial charge in [-0.1, -0.05) is 30.3 Å². The summed E-state index contributed by atoms with van der Waals surface area (Å²) in [6.45, 7) is 5.23. The number of rotatable bonds is 2. The lowest BCUT2D eigenvalue weighted by Crippen LogP contribution is -1.97. The van der Waals surface area contributed by atoms with Crippen LogP contribution in [0.3, 0.4) is 0 Å². The molecule has 0 atom stereocenters. The van der Waals surface area contributed by atoms with Gasteiger partial charge in [0, 0.05) is 10.6 Å². The maximum absolute atomic E-state index is 11.2. The first-order chi connectivity index (χ1) is 5.66. The van der Waals surface area contributed by atoms with E-state index in [9.17, 15) is 4.79 Å². The van der Waals surface area contributed by atoms with E-state index >= 15 is 0 Å². The summed E-state index contributed by atoms with van der Waals surface area (Å²) in [5.41, 5.74) is 1.43. The topological polar surface area (TPSA) is 17.1 Å². The van der Waals surface area contributed by atoms with Gasteiger partial charge in [-0.25, -0.2) is 0 Å². The van der Waals surface area contributed by atoms with Crippen molar-refractivity contribution in [3.63, 3.8) is 0 Å². The summed E-state index contributed by atoms with van der Waals surface area (Å²) < 4.78 is 0. The minimum absolute atomic E-state index is 0.0880. The summed E-state index contributed by atoms with van der Waals surface area (Å²) in [5, 5.41) is 0.614. The Balaban J connectivity index is 3.25. The van der Waals surface area contributed by atoms with Gasteiger partial charge in [-0.05, 0) is 24.6 Å². The molecule has 0 unspecified atom stereocenters. The van der Waals surface area contributed by atoms with Crippen LogP contribution >= 0.6 is 11.6 Å². The van der Waals surface area contributed by atoms with Gasteiger partial charge in [-0.15, -0.1) is 0 Å². The number of halogens is 1. The molecule has 0 radical (unpaired) electrons. The van der Waals surface area contributed by atoms with Crippen molar-refractivity contribution in [1.29, 1.82) is 0 Å². The molecular weight excluding hydrogens is 172 g/mol. The standard InChI is InChI=1S/C10H9ClO/c1-3-10(12)8-5-4-6-9(11)7(8)2/h3-6H,1H2,2H3. The Labute approximate surface area is 76.7 Å². The SMILES string of the molecule is C=CC(=O)c1cccc(Cl)c1C. The summed E-state index contributed by atoms with van der Waals surface area (Å²) in [7, 11) is 0. The average Bonchev–Trinajstić information content (AvgIpc) is 2.08. The third-order valence-corrected chi connectivity index (χ3v) is 2.13. The van der Waals surface area contributed by atoms with Gasteiger partial charge >= 0.3 is 0 Å². The van der Waals surface area contributed by atoms with Gasteiger partial charge in [0.1, 0.15) is 0 Å². The monoisotopic (exact) mass is 180 g/mol. The fourth-order valence-corrected chi connectivity index (χ4v) is 1.16. The molecule has 0 spiro atoms. The summed E-state index contributed by atoms with van der Waals surface area (Å²) >= 11 is 5.83. The Kier molecular flexibility index (Phi) is 2.66. The fraction of sp³-hybridized carbons (Fsp3) is 0.100. The van der Waals surface area contributed by atoms with Gasteiger partial charge in [-0.3, -0.25) is 4.79 Å². The molecule has 0 fully saturated rings. The molecule has 0 aliphatic rings. The van der Waals surface area contributed by atoms with E-state index in [2.05, 4.69) is 6.58 Å². The highest BCUT2D eigenvalue weighted by Crippen LogP contribution is 2.18. The summed E-state index contributed by atoms with van der Waals surface area (Å²) in [6.07, 6.45) is 1.29. The predicted octanol–water partition coefficient (Wildman–Crippen LogP) is 3.02. The number of carbonyl (C=O) groups is 1. The first-order valence-corrected chi connectivity index (χ1v) is 3.96. The van der Waals surface area contributed by atoms with Gasteiger partial charge in [0.15, 0.2) is 5.78 Å². The Hall–Kier alpha value is -1.08. The molecule has 0 aliphatic heterocycles. The number of allylic oxidation sites excluding steroid dienone is 1. The van der Waals surface area contributed by atoms with Gasteiger partial charge < -0.3 is 0 Å². The molecule has 0 heterocycles. The van der Waals surface area contributed by atoms with E-state index < -0.39 is 0 Å². The minimum Gasteiger partial charge on any atom is -0.289 e. The van der Waals surface area contributed by atoms with E-state index in [4.69, 9.17) is 11.6 Å². The molecule has 0 aliphatic carbocycles.